The van der Waals surface area contributed by atoms with Crippen molar-refractivity contribution in [3.05, 3.63) is 18.0 Å². The van der Waals surface area contributed by atoms with Gasteiger partial charge in [-0.3, -0.25) is 4.68 Å². The summed E-state index contributed by atoms with van der Waals surface area (Å²) < 4.78 is 7.65. The van der Waals surface area contributed by atoms with E-state index in [-0.39, 0.29) is 0 Å². The number of rotatable bonds is 6. The molecule has 2 rings (SSSR count). The predicted molar refractivity (Wildman–Crippen MR) is 67.8 cm³/mol. The van der Waals surface area contributed by atoms with Crippen LogP contribution < -0.4 is 5.32 Å². The van der Waals surface area contributed by atoms with Crippen molar-refractivity contribution >= 4 is 0 Å². The number of aryl methyl sites for hydroxylation is 1. The van der Waals surface area contributed by atoms with Gasteiger partial charge in [0.2, 0.25) is 0 Å². The van der Waals surface area contributed by atoms with Crippen LogP contribution in [0.4, 0.5) is 0 Å². The van der Waals surface area contributed by atoms with Gasteiger partial charge in [0.05, 0.1) is 12.3 Å². The molecule has 0 bridgehead atoms. The Kier molecular flexibility index (Phi) is 5.01. The van der Waals surface area contributed by atoms with Crippen LogP contribution in [0.25, 0.3) is 0 Å². The van der Waals surface area contributed by atoms with Crippen molar-refractivity contribution in [2.75, 3.05) is 13.2 Å². The highest BCUT2D eigenvalue weighted by Crippen LogP contribution is 2.14. The minimum Gasteiger partial charge on any atom is -0.378 e. The summed E-state index contributed by atoms with van der Waals surface area (Å²) in [6, 6.07) is 0. The first-order valence-corrected chi connectivity index (χ1v) is 6.72. The van der Waals surface area contributed by atoms with E-state index in [9.17, 15) is 0 Å². The first-order chi connectivity index (χ1) is 8.38. The van der Waals surface area contributed by atoms with Gasteiger partial charge in [0.1, 0.15) is 0 Å². The molecule has 1 aromatic heterocycles. The Hall–Kier alpha value is -0.870. The van der Waals surface area contributed by atoms with Crippen molar-refractivity contribution in [3.63, 3.8) is 0 Å². The molecule has 0 aliphatic carbocycles. The molecule has 2 heterocycles. The third kappa shape index (κ3) is 4.13. The molecule has 0 radical (unpaired) electrons. The van der Waals surface area contributed by atoms with Crippen molar-refractivity contribution < 1.29 is 4.74 Å². The third-order valence-corrected chi connectivity index (χ3v) is 3.26. The second kappa shape index (κ2) is 6.77. The van der Waals surface area contributed by atoms with Gasteiger partial charge < -0.3 is 10.1 Å². The fourth-order valence-corrected chi connectivity index (χ4v) is 2.20. The number of ether oxygens (including phenoxy) is 1. The van der Waals surface area contributed by atoms with Gasteiger partial charge in [-0.15, -0.1) is 0 Å². The maximum Gasteiger partial charge on any atom is 0.0587 e. The van der Waals surface area contributed by atoms with E-state index in [0.717, 1.165) is 32.7 Å². The molecule has 4 heteroatoms. The summed E-state index contributed by atoms with van der Waals surface area (Å²) in [5, 5.41) is 7.71. The van der Waals surface area contributed by atoms with Crippen molar-refractivity contribution in [2.45, 2.75) is 51.8 Å². The third-order valence-electron chi connectivity index (χ3n) is 3.26. The van der Waals surface area contributed by atoms with Gasteiger partial charge in [-0.2, -0.15) is 5.10 Å². The van der Waals surface area contributed by atoms with Crippen LogP contribution in [0.3, 0.4) is 0 Å². The quantitative estimate of drug-likeness (QED) is 0.769. The first kappa shape index (κ1) is 12.6. The summed E-state index contributed by atoms with van der Waals surface area (Å²) in [6.45, 7) is 5.93. The maximum atomic E-state index is 5.70. The van der Waals surface area contributed by atoms with E-state index in [0.29, 0.717) is 6.10 Å². The van der Waals surface area contributed by atoms with E-state index in [4.69, 9.17) is 4.74 Å². The average Bonchev–Trinajstić information content (AvgIpc) is 2.84. The lowest BCUT2D eigenvalue weighted by atomic mass is 10.1. The van der Waals surface area contributed by atoms with Gasteiger partial charge >= 0.3 is 0 Å². The average molecular weight is 237 g/mol. The van der Waals surface area contributed by atoms with Gasteiger partial charge in [-0.05, 0) is 39.2 Å². The van der Waals surface area contributed by atoms with Crippen molar-refractivity contribution in [3.8, 4) is 0 Å². The van der Waals surface area contributed by atoms with Crippen LogP contribution in [0.15, 0.2) is 12.4 Å². The fraction of sp³-hybridized carbons (Fsp3) is 0.769. The molecule has 0 saturated carbocycles. The Labute approximate surface area is 103 Å². The number of aromatic nitrogens is 2. The van der Waals surface area contributed by atoms with Crippen LogP contribution in [0, 0.1) is 0 Å². The van der Waals surface area contributed by atoms with Gasteiger partial charge in [-0.1, -0.05) is 0 Å². The van der Waals surface area contributed by atoms with Gasteiger partial charge in [0.15, 0.2) is 0 Å². The van der Waals surface area contributed by atoms with Crippen LogP contribution in [0.2, 0.25) is 0 Å². The highest BCUT2D eigenvalue weighted by atomic mass is 16.5. The van der Waals surface area contributed by atoms with Crippen LogP contribution in [0.1, 0.15) is 38.2 Å². The highest BCUT2D eigenvalue weighted by Gasteiger charge is 2.12. The highest BCUT2D eigenvalue weighted by molar-refractivity contribution is 5.03. The number of hydrogen-bond donors (Lipinski definition) is 1. The van der Waals surface area contributed by atoms with E-state index in [2.05, 4.69) is 23.5 Å². The van der Waals surface area contributed by atoms with E-state index < -0.39 is 0 Å². The zero-order chi connectivity index (χ0) is 11.9. The number of nitrogens with one attached hydrogen (secondary N) is 1. The standard InChI is InChI=1S/C13H23N3O/c1-2-16-11-12(10-15-16)9-14-7-6-13-5-3-4-8-17-13/h10-11,13-14H,2-9H2,1H3. The molecule has 1 unspecified atom stereocenters. The number of hydrogen-bond acceptors (Lipinski definition) is 3. The van der Waals surface area contributed by atoms with Crippen molar-refractivity contribution in [2.24, 2.45) is 0 Å². The monoisotopic (exact) mass is 237 g/mol. The van der Waals surface area contributed by atoms with Gasteiger partial charge in [-0.25, -0.2) is 0 Å². The van der Waals surface area contributed by atoms with E-state index in [1.165, 1.54) is 24.8 Å². The Morgan fingerprint density at radius 2 is 2.47 bits per heavy atom. The van der Waals surface area contributed by atoms with Crippen LogP contribution >= 0.6 is 0 Å². The Morgan fingerprint density at radius 1 is 1.53 bits per heavy atom. The molecule has 1 aliphatic heterocycles. The summed E-state index contributed by atoms with van der Waals surface area (Å²) in [7, 11) is 0. The minimum absolute atomic E-state index is 0.481. The molecule has 0 spiro atoms. The molecule has 4 nitrogen and oxygen atoms in total. The Morgan fingerprint density at radius 3 is 3.18 bits per heavy atom. The van der Waals surface area contributed by atoms with Crippen LogP contribution in [-0.4, -0.2) is 29.0 Å². The summed E-state index contributed by atoms with van der Waals surface area (Å²) in [4.78, 5) is 0. The summed E-state index contributed by atoms with van der Waals surface area (Å²) in [6.07, 6.45) is 9.44. The molecular weight excluding hydrogens is 214 g/mol. The second-order valence-electron chi connectivity index (χ2n) is 4.66. The summed E-state index contributed by atoms with van der Waals surface area (Å²) in [5.41, 5.74) is 1.26. The lowest BCUT2D eigenvalue weighted by Gasteiger charge is -2.22. The van der Waals surface area contributed by atoms with E-state index >= 15 is 0 Å². The molecule has 1 saturated heterocycles. The number of nitrogens with zero attached hydrogens (tertiary/aromatic N) is 2. The Balaban J connectivity index is 1.59. The summed E-state index contributed by atoms with van der Waals surface area (Å²) >= 11 is 0. The fourth-order valence-electron chi connectivity index (χ4n) is 2.20. The van der Waals surface area contributed by atoms with Crippen LogP contribution in [-0.2, 0) is 17.8 Å². The molecule has 96 valence electrons. The predicted octanol–water partition coefficient (Wildman–Crippen LogP) is 1.95. The summed E-state index contributed by atoms with van der Waals surface area (Å²) in [5.74, 6) is 0. The lowest BCUT2D eigenvalue weighted by molar-refractivity contribution is 0.0115. The largest absolute Gasteiger partial charge is 0.378 e. The molecule has 1 atom stereocenters. The topological polar surface area (TPSA) is 39.1 Å². The first-order valence-electron chi connectivity index (χ1n) is 6.72. The maximum absolute atomic E-state index is 5.70. The van der Waals surface area contributed by atoms with E-state index in [1.807, 2.05) is 10.9 Å². The molecule has 0 amide bonds. The normalized spacial score (nSPS) is 20.6. The molecule has 0 aromatic carbocycles. The minimum atomic E-state index is 0.481. The SMILES string of the molecule is CCn1cc(CNCCC2CCCCO2)cn1. The molecule has 1 aliphatic rings. The van der Waals surface area contributed by atoms with Crippen LogP contribution in [0.5, 0.6) is 0 Å². The smallest absolute Gasteiger partial charge is 0.0587 e. The van der Waals surface area contributed by atoms with Crippen molar-refractivity contribution in [1.82, 2.24) is 15.1 Å². The molecule has 1 aromatic rings. The molecule has 17 heavy (non-hydrogen) atoms. The second-order valence-corrected chi connectivity index (χ2v) is 4.66. The zero-order valence-electron chi connectivity index (χ0n) is 10.7. The van der Waals surface area contributed by atoms with Crippen molar-refractivity contribution in [1.29, 1.82) is 0 Å². The van der Waals surface area contributed by atoms with E-state index in [1.54, 1.807) is 0 Å². The molecule has 1 fully saturated rings. The lowest BCUT2D eigenvalue weighted by Crippen LogP contribution is -2.25. The molecule has 1 N–H and O–H groups in total. The zero-order valence-corrected chi connectivity index (χ0v) is 10.7. The molecular formula is C13H23N3O. The van der Waals surface area contributed by atoms with Gasteiger partial charge in [0, 0.05) is 31.5 Å². The van der Waals surface area contributed by atoms with Gasteiger partial charge in [0.25, 0.3) is 0 Å². The Bertz CT molecular complexity index is 318.